The summed E-state index contributed by atoms with van der Waals surface area (Å²) in [4.78, 5) is 0. The van der Waals surface area contributed by atoms with Crippen molar-refractivity contribution in [3.05, 3.63) is 0 Å². The number of hydrogen-bond donors (Lipinski definition) is 0. The Kier molecular flexibility index (Phi) is 2.45. The molecular weight excluding hydrogens is 272 g/mol. The van der Waals surface area contributed by atoms with Gasteiger partial charge in [-0.2, -0.15) is 0 Å². The van der Waals surface area contributed by atoms with E-state index in [-0.39, 0.29) is 24.4 Å². The zero-order chi connectivity index (χ0) is 13.6. The molecule has 0 aromatic heterocycles. The van der Waals surface area contributed by atoms with Gasteiger partial charge in [-0.25, -0.2) is 0 Å². The molecule has 10 atom stereocenters. The summed E-state index contributed by atoms with van der Waals surface area (Å²) in [6.07, 6.45) is 7.74. The molecule has 0 amide bonds. The van der Waals surface area contributed by atoms with Gasteiger partial charge in [0.2, 0.25) is 0 Å². The maximum Gasteiger partial charge on any atom is 0.107 e. The Morgan fingerprint density at radius 2 is 1.19 bits per heavy atom. The topological polar surface area (TPSA) is 59.4 Å². The molecule has 6 aliphatic rings. The highest BCUT2D eigenvalue weighted by molar-refractivity contribution is 5.07. The second-order valence-electron chi connectivity index (χ2n) is 7.57. The molecular formula is C16H22O5. The van der Waals surface area contributed by atoms with E-state index in [1.165, 1.54) is 25.7 Å². The lowest BCUT2D eigenvalue weighted by atomic mass is 9.93. The molecule has 21 heavy (non-hydrogen) atoms. The van der Waals surface area contributed by atoms with Crippen LogP contribution in [0.1, 0.15) is 25.7 Å². The standard InChI is InChI=1S/C16H22O5/c1-3-9-13(19-9)7(1)15(11-5-17-11)21-16(12-6-18-12)8-2-4-10-14(8)20-10/h7-16H,1-6H2. The number of hydrogen-bond acceptors (Lipinski definition) is 5. The maximum absolute atomic E-state index is 6.65. The molecule has 2 saturated carbocycles. The van der Waals surface area contributed by atoms with Gasteiger partial charge in [0.1, 0.15) is 12.2 Å². The first-order chi connectivity index (χ1) is 10.4. The van der Waals surface area contributed by atoms with Gasteiger partial charge in [-0.05, 0) is 25.7 Å². The predicted molar refractivity (Wildman–Crippen MR) is 70.9 cm³/mol. The van der Waals surface area contributed by atoms with Crippen LogP contribution in [0.4, 0.5) is 0 Å². The highest BCUT2D eigenvalue weighted by Crippen LogP contribution is 2.51. The van der Waals surface area contributed by atoms with Crippen molar-refractivity contribution in [1.82, 2.24) is 0 Å². The molecule has 0 aromatic carbocycles. The summed E-state index contributed by atoms with van der Waals surface area (Å²) in [6.45, 7) is 1.70. The van der Waals surface area contributed by atoms with Crippen LogP contribution in [0.3, 0.4) is 0 Å². The molecule has 5 heteroatoms. The third-order valence-electron chi connectivity index (χ3n) is 6.27. The summed E-state index contributed by atoms with van der Waals surface area (Å²) < 4.78 is 29.3. The first kappa shape index (κ1) is 12.3. The van der Waals surface area contributed by atoms with Gasteiger partial charge in [-0.15, -0.1) is 0 Å². The summed E-state index contributed by atoms with van der Waals surface area (Å²) in [5.41, 5.74) is 0. The van der Waals surface area contributed by atoms with Crippen LogP contribution in [-0.2, 0) is 23.7 Å². The van der Waals surface area contributed by atoms with E-state index >= 15 is 0 Å². The summed E-state index contributed by atoms with van der Waals surface area (Å²) >= 11 is 0. The minimum Gasteiger partial charge on any atom is -0.370 e. The molecule has 4 heterocycles. The second-order valence-corrected chi connectivity index (χ2v) is 7.57. The van der Waals surface area contributed by atoms with E-state index in [0.717, 1.165) is 13.2 Å². The smallest absolute Gasteiger partial charge is 0.107 e. The molecule has 4 aliphatic heterocycles. The summed E-state index contributed by atoms with van der Waals surface area (Å²) in [7, 11) is 0. The Bertz CT molecular complexity index is 408. The van der Waals surface area contributed by atoms with Crippen molar-refractivity contribution >= 4 is 0 Å². The average Bonchev–Trinajstić information content (AvgIpc) is 3.36. The molecule has 0 bridgehead atoms. The lowest BCUT2D eigenvalue weighted by Crippen LogP contribution is -2.41. The van der Waals surface area contributed by atoms with Gasteiger partial charge in [0.25, 0.3) is 0 Å². The first-order valence-electron chi connectivity index (χ1n) is 8.58. The normalized spacial score (nSPS) is 58.3. The SMILES string of the molecule is C1CC(C(OC(C2CO2)C2CCC3OC32)C2CO2)C2OC12. The molecule has 2 aliphatic carbocycles. The maximum atomic E-state index is 6.65. The third kappa shape index (κ3) is 2.01. The summed E-state index contributed by atoms with van der Waals surface area (Å²) in [5, 5.41) is 0. The highest BCUT2D eigenvalue weighted by Gasteiger charge is 2.60. The first-order valence-corrected chi connectivity index (χ1v) is 8.58. The fraction of sp³-hybridized carbons (Fsp3) is 1.00. The molecule has 5 nitrogen and oxygen atoms in total. The van der Waals surface area contributed by atoms with Crippen LogP contribution in [-0.4, -0.2) is 62.0 Å². The van der Waals surface area contributed by atoms with Gasteiger partial charge in [-0.1, -0.05) is 0 Å². The zero-order valence-corrected chi connectivity index (χ0v) is 12.1. The van der Waals surface area contributed by atoms with E-state index < -0.39 is 0 Å². The van der Waals surface area contributed by atoms with Crippen molar-refractivity contribution in [3.63, 3.8) is 0 Å². The molecule has 0 radical (unpaired) electrons. The van der Waals surface area contributed by atoms with E-state index in [2.05, 4.69) is 0 Å². The Morgan fingerprint density at radius 1 is 0.714 bits per heavy atom. The molecule has 10 unspecified atom stereocenters. The van der Waals surface area contributed by atoms with Gasteiger partial charge >= 0.3 is 0 Å². The largest absolute Gasteiger partial charge is 0.370 e. The predicted octanol–water partition coefficient (Wildman–Crippen LogP) is 0.893. The molecule has 0 spiro atoms. The van der Waals surface area contributed by atoms with Crippen LogP contribution in [0, 0.1) is 11.8 Å². The fourth-order valence-electron chi connectivity index (χ4n) is 4.88. The Balaban J connectivity index is 1.21. The van der Waals surface area contributed by atoms with Gasteiger partial charge in [0.05, 0.1) is 49.8 Å². The summed E-state index contributed by atoms with van der Waals surface area (Å²) in [5.74, 6) is 1.06. The van der Waals surface area contributed by atoms with Crippen LogP contribution in [0.5, 0.6) is 0 Å². The van der Waals surface area contributed by atoms with E-state index in [1.807, 2.05) is 0 Å². The monoisotopic (exact) mass is 294 g/mol. The quantitative estimate of drug-likeness (QED) is 0.681. The van der Waals surface area contributed by atoms with Crippen LogP contribution in [0.25, 0.3) is 0 Å². The lowest BCUT2D eigenvalue weighted by Gasteiger charge is -2.31. The third-order valence-corrected chi connectivity index (χ3v) is 6.27. The number of rotatable bonds is 6. The Morgan fingerprint density at radius 3 is 1.48 bits per heavy atom. The molecule has 0 N–H and O–H groups in total. The van der Waals surface area contributed by atoms with Crippen molar-refractivity contribution in [2.24, 2.45) is 11.8 Å². The highest BCUT2D eigenvalue weighted by atomic mass is 16.6. The van der Waals surface area contributed by atoms with Crippen LogP contribution >= 0.6 is 0 Å². The average molecular weight is 294 g/mol. The van der Waals surface area contributed by atoms with E-state index in [9.17, 15) is 0 Å². The molecule has 6 fully saturated rings. The fourth-order valence-corrected chi connectivity index (χ4v) is 4.88. The zero-order valence-electron chi connectivity index (χ0n) is 12.1. The Hall–Kier alpha value is -0.200. The summed E-state index contributed by atoms with van der Waals surface area (Å²) in [6, 6.07) is 0. The molecule has 4 saturated heterocycles. The van der Waals surface area contributed by atoms with E-state index in [1.54, 1.807) is 0 Å². The molecule has 116 valence electrons. The number of ether oxygens (including phenoxy) is 5. The van der Waals surface area contributed by atoms with Crippen molar-refractivity contribution in [2.45, 2.75) is 74.5 Å². The Labute approximate surface area is 124 Å². The van der Waals surface area contributed by atoms with Crippen LogP contribution in [0.2, 0.25) is 0 Å². The minimum atomic E-state index is 0.203. The second kappa shape index (κ2) is 4.20. The minimum absolute atomic E-state index is 0.203. The van der Waals surface area contributed by atoms with Crippen LogP contribution < -0.4 is 0 Å². The number of fused-ring (bicyclic) bond motifs is 2. The van der Waals surface area contributed by atoms with Crippen molar-refractivity contribution < 1.29 is 23.7 Å². The van der Waals surface area contributed by atoms with E-state index in [0.29, 0.717) is 36.3 Å². The van der Waals surface area contributed by atoms with Gasteiger partial charge in [0, 0.05) is 11.8 Å². The van der Waals surface area contributed by atoms with Crippen molar-refractivity contribution in [1.29, 1.82) is 0 Å². The van der Waals surface area contributed by atoms with Gasteiger partial charge < -0.3 is 23.7 Å². The number of epoxide rings is 4. The molecule has 0 aromatic rings. The van der Waals surface area contributed by atoms with Crippen LogP contribution in [0.15, 0.2) is 0 Å². The molecule has 6 rings (SSSR count). The lowest BCUT2D eigenvalue weighted by molar-refractivity contribution is -0.0986. The van der Waals surface area contributed by atoms with E-state index in [4.69, 9.17) is 23.7 Å². The van der Waals surface area contributed by atoms with Gasteiger partial charge in [0.15, 0.2) is 0 Å². The van der Waals surface area contributed by atoms with Gasteiger partial charge in [-0.3, -0.25) is 0 Å². The van der Waals surface area contributed by atoms with Crippen molar-refractivity contribution in [2.75, 3.05) is 13.2 Å². The van der Waals surface area contributed by atoms with Crippen molar-refractivity contribution in [3.8, 4) is 0 Å².